The van der Waals surface area contributed by atoms with Gasteiger partial charge in [0.2, 0.25) is 5.91 Å². The number of alkyl carbamates (subject to hydrolysis) is 1. The van der Waals surface area contributed by atoms with E-state index in [9.17, 15) is 14.4 Å². The Morgan fingerprint density at radius 2 is 1.91 bits per heavy atom. The van der Waals surface area contributed by atoms with Crippen molar-refractivity contribution < 1.29 is 23.9 Å². The smallest absolute Gasteiger partial charge is 0.410 e. The second-order valence-electron chi connectivity index (χ2n) is 9.28. The molecule has 1 heterocycles. The second kappa shape index (κ2) is 12.8. The fraction of sp³-hybridized carbons (Fsp3) is 0.500. The summed E-state index contributed by atoms with van der Waals surface area (Å²) in [6.45, 7) is 14.3. The highest BCUT2D eigenvalue weighted by molar-refractivity contribution is 5.86. The molecule has 8 heteroatoms. The lowest BCUT2D eigenvalue weighted by atomic mass is 10.0. The van der Waals surface area contributed by atoms with Gasteiger partial charge in [-0.2, -0.15) is 0 Å². The van der Waals surface area contributed by atoms with Crippen LogP contribution >= 0.6 is 0 Å². The van der Waals surface area contributed by atoms with Crippen molar-refractivity contribution in [2.45, 2.75) is 64.3 Å². The maximum Gasteiger partial charge on any atom is 0.410 e. The quantitative estimate of drug-likeness (QED) is 0.544. The molecule has 0 radical (unpaired) electrons. The number of amides is 3. The van der Waals surface area contributed by atoms with Gasteiger partial charge in [-0.25, -0.2) is 9.59 Å². The topological polar surface area (TPSA) is 88.2 Å². The van der Waals surface area contributed by atoms with E-state index >= 15 is 0 Å². The van der Waals surface area contributed by atoms with Crippen LogP contribution in [0.15, 0.2) is 55.6 Å². The van der Waals surface area contributed by atoms with Crippen LogP contribution in [-0.2, 0) is 20.9 Å². The Hall–Kier alpha value is -3.29. The molecule has 8 nitrogen and oxygen atoms in total. The molecule has 0 saturated carbocycles. The van der Waals surface area contributed by atoms with Crippen molar-refractivity contribution >= 4 is 18.1 Å². The van der Waals surface area contributed by atoms with Gasteiger partial charge >= 0.3 is 12.2 Å². The summed E-state index contributed by atoms with van der Waals surface area (Å²) in [5.74, 6) is -0.271. The number of piperidine rings is 1. The van der Waals surface area contributed by atoms with Crippen LogP contribution < -0.4 is 5.32 Å². The minimum Gasteiger partial charge on any atom is -0.445 e. The molecule has 1 aliphatic heterocycles. The molecule has 2 atom stereocenters. The van der Waals surface area contributed by atoms with Crippen LogP contribution in [0.2, 0.25) is 0 Å². The summed E-state index contributed by atoms with van der Waals surface area (Å²) >= 11 is 0. The molecule has 1 fully saturated rings. The Bertz CT molecular complexity index is 850. The number of benzene rings is 1. The van der Waals surface area contributed by atoms with E-state index in [1.54, 1.807) is 22.0 Å². The van der Waals surface area contributed by atoms with Crippen LogP contribution in [0, 0.1) is 0 Å². The normalized spacial score (nSPS) is 16.7. The summed E-state index contributed by atoms with van der Waals surface area (Å²) in [6.07, 6.45) is 3.87. The summed E-state index contributed by atoms with van der Waals surface area (Å²) in [6, 6.07) is 8.25. The number of nitrogens with zero attached hydrogens (tertiary/aromatic N) is 2. The molecule has 3 amide bonds. The predicted octanol–water partition coefficient (Wildman–Crippen LogP) is 4.27. The Balaban J connectivity index is 2.06. The van der Waals surface area contributed by atoms with E-state index in [2.05, 4.69) is 18.5 Å². The maximum absolute atomic E-state index is 13.5. The van der Waals surface area contributed by atoms with Gasteiger partial charge in [0, 0.05) is 25.7 Å². The van der Waals surface area contributed by atoms with Crippen molar-refractivity contribution in [2.75, 3.05) is 19.6 Å². The summed E-state index contributed by atoms with van der Waals surface area (Å²) in [5.41, 5.74) is 0.252. The van der Waals surface area contributed by atoms with Crippen LogP contribution in [-0.4, -0.2) is 65.2 Å². The van der Waals surface area contributed by atoms with Gasteiger partial charge in [0.1, 0.15) is 18.2 Å². The minimum absolute atomic E-state index is 0.103. The zero-order chi connectivity index (χ0) is 25.1. The molecule has 34 heavy (non-hydrogen) atoms. The summed E-state index contributed by atoms with van der Waals surface area (Å²) < 4.78 is 10.8. The first kappa shape index (κ1) is 27.0. The molecule has 1 N–H and O–H groups in total. The van der Waals surface area contributed by atoms with Gasteiger partial charge in [0.25, 0.3) is 0 Å². The minimum atomic E-state index is -0.836. The first-order valence-corrected chi connectivity index (χ1v) is 11.6. The van der Waals surface area contributed by atoms with Crippen molar-refractivity contribution in [3.8, 4) is 0 Å². The molecule has 0 aromatic heterocycles. The lowest BCUT2D eigenvalue weighted by Gasteiger charge is -2.40. The number of hydrogen-bond acceptors (Lipinski definition) is 5. The number of ether oxygens (including phenoxy) is 2. The van der Waals surface area contributed by atoms with Crippen LogP contribution in [0.4, 0.5) is 9.59 Å². The molecule has 1 unspecified atom stereocenters. The number of hydrogen-bond donors (Lipinski definition) is 1. The van der Waals surface area contributed by atoms with Gasteiger partial charge < -0.3 is 24.6 Å². The third kappa shape index (κ3) is 8.57. The van der Waals surface area contributed by atoms with Gasteiger partial charge in [-0.1, -0.05) is 42.5 Å². The van der Waals surface area contributed by atoms with E-state index in [4.69, 9.17) is 9.47 Å². The molecular weight excluding hydrogens is 434 g/mol. The maximum atomic E-state index is 13.5. The standard InChI is InChI=1S/C26H37N3O5/c1-6-12-22(27-24(31)33-19-20-13-9-8-10-14-20)23(30)29(16-7-2)21-15-11-17-28(18-21)25(32)34-26(3,4)5/h6-10,13-14,21-22H,1-2,11-12,15-19H2,3-5H3,(H,27,31)/t21-,22?/m1/s1. The first-order valence-electron chi connectivity index (χ1n) is 11.6. The van der Waals surface area contributed by atoms with Crippen molar-refractivity contribution in [3.63, 3.8) is 0 Å². The monoisotopic (exact) mass is 471 g/mol. The molecule has 1 saturated heterocycles. The zero-order valence-corrected chi connectivity index (χ0v) is 20.5. The Kier molecular flexibility index (Phi) is 10.2. The van der Waals surface area contributed by atoms with Crippen LogP contribution in [0.1, 0.15) is 45.6 Å². The molecule has 0 bridgehead atoms. The van der Waals surface area contributed by atoms with Crippen molar-refractivity contribution in [2.24, 2.45) is 0 Å². The van der Waals surface area contributed by atoms with Crippen molar-refractivity contribution in [1.29, 1.82) is 0 Å². The lowest BCUT2D eigenvalue weighted by Crippen LogP contribution is -2.57. The van der Waals surface area contributed by atoms with E-state index < -0.39 is 23.8 Å². The van der Waals surface area contributed by atoms with Crippen LogP contribution in [0.5, 0.6) is 0 Å². The number of carbonyl (C=O) groups is 3. The van der Waals surface area contributed by atoms with E-state index in [1.807, 2.05) is 51.1 Å². The molecule has 2 rings (SSSR count). The third-order valence-electron chi connectivity index (χ3n) is 5.30. The number of nitrogens with one attached hydrogen (secondary N) is 1. The number of likely N-dealkylation sites (tertiary alicyclic amines) is 1. The van der Waals surface area contributed by atoms with Gasteiger partial charge in [-0.05, 0) is 45.6 Å². The number of carbonyl (C=O) groups excluding carboxylic acids is 3. The molecule has 1 aromatic carbocycles. The van der Waals surface area contributed by atoms with Crippen molar-refractivity contribution in [1.82, 2.24) is 15.1 Å². The Morgan fingerprint density at radius 3 is 2.53 bits per heavy atom. The van der Waals surface area contributed by atoms with Gasteiger partial charge in [-0.3, -0.25) is 4.79 Å². The molecular formula is C26H37N3O5. The summed E-state index contributed by atoms with van der Waals surface area (Å²) in [5, 5.41) is 2.67. The molecule has 0 spiro atoms. The Morgan fingerprint density at radius 1 is 1.21 bits per heavy atom. The average Bonchev–Trinajstić information content (AvgIpc) is 2.80. The van der Waals surface area contributed by atoms with Crippen molar-refractivity contribution in [3.05, 3.63) is 61.2 Å². The van der Waals surface area contributed by atoms with E-state index in [0.717, 1.165) is 18.4 Å². The van der Waals surface area contributed by atoms with Gasteiger partial charge in [0.15, 0.2) is 0 Å². The first-order chi connectivity index (χ1) is 16.1. The van der Waals surface area contributed by atoms with Gasteiger partial charge in [0.05, 0.1) is 0 Å². The average molecular weight is 472 g/mol. The lowest BCUT2D eigenvalue weighted by molar-refractivity contribution is -0.136. The fourth-order valence-electron chi connectivity index (χ4n) is 3.75. The van der Waals surface area contributed by atoms with E-state index in [0.29, 0.717) is 19.6 Å². The van der Waals surface area contributed by atoms with Gasteiger partial charge in [-0.15, -0.1) is 13.2 Å². The highest BCUT2D eigenvalue weighted by Crippen LogP contribution is 2.20. The highest BCUT2D eigenvalue weighted by atomic mass is 16.6. The molecule has 1 aromatic rings. The van der Waals surface area contributed by atoms with E-state index in [-0.39, 0.29) is 25.0 Å². The third-order valence-corrected chi connectivity index (χ3v) is 5.30. The second-order valence-corrected chi connectivity index (χ2v) is 9.28. The molecule has 0 aliphatic carbocycles. The summed E-state index contributed by atoms with van der Waals surface area (Å²) in [4.78, 5) is 41.7. The molecule has 186 valence electrons. The number of rotatable bonds is 9. The SMILES string of the molecule is C=CCC(NC(=O)OCc1ccccc1)C(=O)N(CC=C)[C@@H]1CCCN(C(=O)OC(C)(C)C)C1. The van der Waals surface area contributed by atoms with E-state index in [1.165, 1.54) is 0 Å². The largest absolute Gasteiger partial charge is 0.445 e. The Labute approximate surface area is 202 Å². The fourth-order valence-corrected chi connectivity index (χ4v) is 3.75. The highest BCUT2D eigenvalue weighted by Gasteiger charge is 2.35. The summed E-state index contributed by atoms with van der Waals surface area (Å²) in [7, 11) is 0. The predicted molar refractivity (Wildman–Crippen MR) is 131 cm³/mol. The van der Waals surface area contributed by atoms with Crippen LogP contribution in [0.25, 0.3) is 0 Å². The van der Waals surface area contributed by atoms with Crippen LogP contribution in [0.3, 0.4) is 0 Å². The molecule has 1 aliphatic rings. The zero-order valence-electron chi connectivity index (χ0n) is 20.5.